The van der Waals surface area contributed by atoms with Crippen molar-refractivity contribution in [2.24, 2.45) is 13.0 Å². The largest absolute Gasteiger partial charge is 0.619 e. The van der Waals surface area contributed by atoms with Crippen molar-refractivity contribution in [3.8, 4) is 22.8 Å². The van der Waals surface area contributed by atoms with Crippen molar-refractivity contribution in [3.05, 3.63) is 135 Å². The van der Waals surface area contributed by atoms with E-state index in [1.165, 1.54) is 11.1 Å². The van der Waals surface area contributed by atoms with Crippen LogP contribution in [0.3, 0.4) is 0 Å². The summed E-state index contributed by atoms with van der Waals surface area (Å²) in [5, 5.41) is 30.4. The predicted molar refractivity (Wildman–Crippen MR) is 272 cm³/mol. The van der Waals surface area contributed by atoms with Gasteiger partial charge in [0.2, 0.25) is 17.7 Å². The first-order chi connectivity index (χ1) is 33.6. The van der Waals surface area contributed by atoms with Crippen LogP contribution in [0.2, 0.25) is 10.0 Å². The quantitative estimate of drug-likeness (QED) is 0.0440. The van der Waals surface area contributed by atoms with Crippen LogP contribution in [0.5, 0.6) is 11.5 Å². The monoisotopic (exact) mass is 1010 g/mol. The number of amides is 3. The van der Waals surface area contributed by atoms with Gasteiger partial charge in [-0.15, -0.1) is 0 Å². The SMILES string of the molecule is C[C@H](NCc1ccc(Cl)cc1Oc1ccc(-c2cnc(CN(C)C)n2C)cc1)C(=O)N[C@@H](CO)C(=O)N(C)[C@@]1(Cc2ccc(Cl)cc2)CCCN(C(=O)[C@@H](CC(=O)OC(C)(C)C)Cc2cccc[n+]2[O-])C1. The van der Waals surface area contributed by atoms with E-state index in [2.05, 4.69) is 25.1 Å². The second-order valence-corrected chi connectivity index (χ2v) is 20.5. The van der Waals surface area contributed by atoms with Gasteiger partial charge >= 0.3 is 5.97 Å². The number of hydrogen-bond donors (Lipinski definition) is 3. The molecule has 3 N–H and O–H groups in total. The number of carbonyl (C=O) groups is 4. The first kappa shape index (κ1) is 54.3. The van der Waals surface area contributed by atoms with Gasteiger partial charge in [-0.1, -0.05) is 47.5 Å². The molecule has 0 bridgehead atoms. The van der Waals surface area contributed by atoms with Crippen LogP contribution < -0.4 is 20.1 Å². The van der Waals surface area contributed by atoms with E-state index in [-0.39, 0.29) is 31.8 Å². The van der Waals surface area contributed by atoms with Crippen molar-refractivity contribution in [1.29, 1.82) is 0 Å². The van der Waals surface area contributed by atoms with Crippen LogP contribution in [0, 0.1) is 11.1 Å². The Bertz CT molecular complexity index is 2640. The van der Waals surface area contributed by atoms with E-state index in [1.807, 2.05) is 63.7 Å². The van der Waals surface area contributed by atoms with E-state index in [9.17, 15) is 29.5 Å². The minimum Gasteiger partial charge on any atom is -0.619 e. The lowest BCUT2D eigenvalue weighted by Gasteiger charge is -2.49. The molecule has 0 aliphatic carbocycles. The minimum absolute atomic E-state index is 0.0192. The molecule has 3 amide bonds. The molecule has 6 rings (SSSR count). The smallest absolute Gasteiger partial charge is 0.307 e. The van der Waals surface area contributed by atoms with Crippen LogP contribution in [0.4, 0.5) is 0 Å². The average molecular weight is 1010 g/mol. The van der Waals surface area contributed by atoms with Gasteiger partial charge in [0, 0.05) is 73.5 Å². The van der Waals surface area contributed by atoms with E-state index >= 15 is 0 Å². The minimum atomic E-state index is -1.33. The van der Waals surface area contributed by atoms with Crippen molar-refractivity contribution in [2.75, 3.05) is 40.8 Å². The topological polar surface area (TPSA) is 186 Å². The number of ether oxygens (including phenoxy) is 2. The molecule has 3 heterocycles. The van der Waals surface area contributed by atoms with Crippen molar-refractivity contribution in [3.63, 3.8) is 0 Å². The highest BCUT2D eigenvalue weighted by molar-refractivity contribution is 6.31. The number of likely N-dealkylation sites (tertiary alicyclic amines) is 1. The number of pyridine rings is 1. The number of likely N-dealkylation sites (N-methyl/N-ethyl adjacent to an activating group) is 1. The summed E-state index contributed by atoms with van der Waals surface area (Å²) >= 11 is 12.7. The number of nitrogens with zero attached hydrogens (tertiary/aromatic N) is 6. The fourth-order valence-corrected chi connectivity index (χ4v) is 9.11. The number of rotatable bonds is 20. The Balaban J connectivity index is 1.15. The highest BCUT2D eigenvalue weighted by Gasteiger charge is 2.45. The molecule has 1 fully saturated rings. The Labute approximate surface area is 426 Å². The van der Waals surface area contributed by atoms with Crippen molar-refractivity contribution >= 4 is 46.9 Å². The van der Waals surface area contributed by atoms with Gasteiger partial charge in [-0.05, 0) is 115 Å². The van der Waals surface area contributed by atoms with Crippen LogP contribution in [0.1, 0.15) is 69.6 Å². The lowest BCUT2D eigenvalue weighted by molar-refractivity contribution is -0.614. The molecule has 0 saturated carbocycles. The zero-order chi connectivity index (χ0) is 51.6. The van der Waals surface area contributed by atoms with E-state index in [0.29, 0.717) is 64.3 Å². The molecule has 1 aliphatic rings. The van der Waals surface area contributed by atoms with E-state index in [0.717, 1.165) is 28.2 Å². The van der Waals surface area contributed by atoms with Crippen molar-refractivity contribution < 1.29 is 38.5 Å². The number of hydrogen-bond acceptors (Lipinski definition) is 11. The number of esters is 1. The van der Waals surface area contributed by atoms with Crippen LogP contribution in [0.25, 0.3) is 11.3 Å². The first-order valence-corrected chi connectivity index (χ1v) is 24.5. The highest BCUT2D eigenvalue weighted by Crippen LogP contribution is 2.34. The Kier molecular flexibility index (Phi) is 18.3. The highest BCUT2D eigenvalue weighted by atomic mass is 35.5. The molecule has 3 aromatic carbocycles. The molecule has 1 aliphatic heterocycles. The maximum Gasteiger partial charge on any atom is 0.307 e. The number of benzene rings is 3. The third-order valence-electron chi connectivity index (χ3n) is 12.6. The number of halogens is 2. The maximum absolute atomic E-state index is 14.7. The van der Waals surface area contributed by atoms with Gasteiger partial charge < -0.3 is 49.7 Å². The summed E-state index contributed by atoms with van der Waals surface area (Å²) in [7, 11) is 7.60. The second-order valence-electron chi connectivity index (χ2n) is 19.6. The maximum atomic E-state index is 14.7. The molecule has 380 valence electrons. The van der Waals surface area contributed by atoms with E-state index in [1.54, 1.807) is 88.2 Å². The lowest BCUT2D eigenvalue weighted by atomic mass is 9.80. The fraction of sp³-hybridized carbons (Fsp3) is 0.434. The standard InChI is InChI=1S/C53H66Cl2N8O8/c1-35(56-30-38-15-20-41(55)28-46(38)70-43-21-16-37(17-22-43)45-31-57-47(60(45)7)32-59(5)6)49(66)58-44(33-64)51(68)61(8)53(29-36-13-18-40(54)19-14-36)23-11-24-62(34-53)50(67)39(27-48(65)71-52(2,3)4)26-42-12-9-10-25-63(42)69/h9-10,12-22,25,28,31,35,39,44,56,64H,11,23-24,26-27,29-30,32-34H2,1-8H3,(H,58,66)/t35-,39+,44-,53+/m0/s1. The summed E-state index contributed by atoms with van der Waals surface area (Å²) in [5.41, 5.74) is 2.00. The van der Waals surface area contributed by atoms with Gasteiger partial charge in [-0.25, -0.2) is 4.98 Å². The van der Waals surface area contributed by atoms with Gasteiger partial charge in [0.05, 0.1) is 49.0 Å². The van der Waals surface area contributed by atoms with Crippen molar-refractivity contribution in [2.45, 2.75) is 96.1 Å². The summed E-state index contributed by atoms with van der Waals surface area (Å²) in [5.74, 6) is -0.970. The molecule has 18 heteroatoms. The molecule has 0 unspecified atom stereocenters. The number of piperidine rings is 1. The van der Waals surface area contributed by atoms with Crippen LogP contribution in [0.15, 0.2) is 97.3 Å². The van der Waals surface area contributed by atoms with E-state index < -0.39 is 53.5 Å². The van der Waals surface area contributed by atoms with Gasteiger partial charge in [0.25, 0.3) is 0 Å². The third-order valence-corrected chi connectivity index (χ3v) is 13.1. The van der Waals surface area contributed by atoms with Gasteiger partial charge in [-0.2, -0.15) is 4.73 Å². The molecular formula is C53H66Cl2N8O8. The first-order valence-electron chi connectivity index (χ1n) is 23.7. The summed E-state index contributed by atoms with van der Waals surface area (Å²) in [6.07, 6.45) is 4.17. The number of imidazole rings is 1. The van der Waals surface area contributed by atoms with Crippen molar-refractivity contribution in [1.82, 2.24) is 34.9 Å². The third kappa shape index (κ3) is 14.5. The Morgan fingerprint density at radius 3 is 2.35 bits per heavy atom. The zero-order valence-electron chi connectivity index (χ0n) is 41.8. The molecule has 0 spiro atoms. The molecular weight excluding hydrogens is 948 g/mol. The van der Waals surface area contributed by atoms with Gasteiger partial charge in [0.15, 0.2) is 11.9 Å². The molecule has 0 radical (unpaired) electrons. The fourth-order valence-electron chi connectivity index (χ4n) is 8.82. The molecule has 5 aromatic rings. The van der Waals surface area contributed by atoms with Gasteiger partial charge in [-0.3, -0.25) is 19.2 Å². The number of nitrogens with one attached hydrogen (secondary N) is 2. The summed E-state index contributed by atoms with van der Waals surface area (Å²) < 4.78 is 14.7. The number of aliphatic hydroxyl groups is 1. The summed E-state index contributed by atoms with van der Waals surface area (Å²) in [6, 6.07) is 22.8. The van der Waals surface area contributed by atoms with Crippen LogP contribution >= 0.6 is 23.2 Å². The number of aromatic nitrogens is 3. The lowest BCUT2D eigenvalue weighted by Crippen LogP contribution is -2.65. The molecule has 4 atom stereocenters. The number of carbonyl (C=O) groups excluding carboxylic acids is 4. The summed E-state index contributed by atoms with van der Waals surface area (Å²) in [6.45, 7) is 7.49. The van der Waals surface area contributed by atoms with Crippen LogP contribution in [-0.4, -0.2) is 117 Å². The number of aliphatic hydroxyl groups excluding tert-OH is 1. The zero-order valence-corrected chi connectivity index (χ0v) is 43.3. The molecule has 1 saturated heterocycles. The molecule has 2 aromatic heterocycles. The molecule has 71 heavy (non-hydrogen) atoms. The molecule has 16 nitrogen and oxygen atoms in total. The summed E-state index contributed by atoms with van der Waals surface area (Å²) in [4.78, 5) is 66.1. The van der Waals surface area contributed by atoms with E-state index in [4.69, 9.17) is 32.7 Å². The second kappa shape index (κ2) is 23.9. The predicted octanol–water partition coefficient (Wildman–Crippen LogP) is 6.49. The Morgan fingerprint density at radius 1 is 0.986 bits per heavy atom. The van der Waals surface area contributed by atoms with Gasteiger partial charge in [0.1, 0.15) is 29.0 Å². The Hall–Kier alpha value is -6.04. The van der Waals surface area contributed by atoms with Crippen LogP contribution in [-0.2, 0) is 56.9 Å². The average Bonchev–Trinajstić information content (AvgIpc) is 3.68. The Morgan fingerprint density at radius 2 is 1.69 bits per heavy atom. The normalized spacial score (nSPS) is 16.3.